The maximum absolute atomic E-state index is 10.7. The average Bonchev–Trinajstić information content (AvgIpc) is 2.40. The van der Waals surface area contributed by atoms with Gasteiger partial charge in [0.15, 0.2) is 0 Å². The fourth-order valence-electron chi connectivity index (χ4n) is 2.80. The van der Waals surface area contributed by atoms with E-state index in [9.17, 15) is 9.90 Å². The van der Waals surface area contributed by atoms with Gasteiger partial charge in [0, 0.05) is 5.56 Å². The van der Waals surface area contributed by atoms with Crippen molar-refractivity contribution in [2.24, 2.45) is 5.92 Å². The van der Waals surface area contributed by atoms with E-state index < -0.39 is 5.60 Å². The lowest BCUT2D eigenvalue weighted by atomic mass is 9.74. The van der Waals surface area contributed by atoms with E-state index in [-0.39, 0.29) is 0 Å². The van der Waals surface area contributed by atoms with E-state index >= 15 is 0 Å². The van der Waals surface area contributed by atoms with E-state index in [4.69, 9.17) is 0 Å². The molecule has 1 aromatic rings. The molecular formula is C15H20O2. The number of carbonyl (C=O) groups excluding carboxylic acids is 1. The summed E-state index contributed by atoms with van der Waals surface area (Å²) >= 11 is 0. The van der Waals surface area contributed by atoms with Crippen molar-refractivity contribution < 1.29 is 9.90 Å². The van der Waals surface area contributed by atoms with Crippen LogP contribution in [0.5, 0.6) is 0 Å². The summed E-state index contributed by atoms with van der Waals surface area (Å²) in [6.45, 7) is 1.90. The smallest absolute Gasteiger partial charge is 0.150 e. The molecule has 0 aromatic heterocycles. The van der Waals surface area contributed by atoms with Gasteiger partial charge in [-0.15, -0.1) is 0 Å². The molecule has 0 amide bonds. The van der Waals surface area contributed by atoms with Gasteiger partial charge in [0.1, 0.15) is 6.29 Å². The van der Waals surface area contributed by atoms with Crippen molar-refractivity contribution in [3.8, 4) is 0 Å². The van der Waals surface area contributed by atoms with Crippen LogP contribution in [-0.2, 0) is 5.60 Å². The lowest BCUT2D eigenvalue weighted by Crippen LogP contribution is -2.33. The molecule has 1 saturated carbocycles. The molecule has 1 aromatic carbocycles. The van der Waals surface area contributed by atoms with Crippen LogP contribution in [0.15, 0.2) is 24.3 Å². The molecule has 0 saturated heterocycles. The first-order valence-corrected chi connectivity index (χ1v) is 6.42. The Kier molecular flexibility index (Phi) is 3.63. The molecular weight excluding hydrogens is 212 g/mol. The predicted octanol–water partition coefficient (Wildman–Crippen LogP) is 3.29. The quantitative estimate of drug-likeness (QED) is 0.812. The van der Waals surface area contributed by atoms with Gasteiger partial charge in [0.05, 0.1) is 5.60 Å². The van der Waals surface area contributed by atoms with Crippen LogP contribution >= 0.6 is 0 Å². The Morgan fingerprint density at radius 3 is 2.29 bits per heavy atom. The molecule has 0 bridgehead atoms. The zero-order chi connectivity index (χ0) is 12.3. The van der Waals surface area contributed by atoms with Crippen LogP contribution in [0.3, 0.4) is 0 Å². The minimum absolute atomic E-state index is 0.346. The summed E-state index contributed by atoms with van der Waals surface area (Å²) in [6, 6.07) is 7.30. The van der Waals surface area contributed by atoms with Crippen molar-refractivity contribution in [3.05, 3.63) is 35.4 Å². The molecule has 92 valence electrons. The number of hydrogen-bond acceptors (Lipinski definition) is 2. The van der Waals surface area contributed by atoms with Gasteiger partial charge in [-0.25, -0.2) is 0 Å². The average molecular weight is 232 g/mol. The summed E-state index contributed by atoms with van der Waals surface area (Å²) in [5.41, 5.74) is 0.824. The Morgan fingerprint density at radius 2 is 1.76 bits per heavy atom. The second kappa shape index (κ2) is 5.01. The van der Waals surface area contributed by atoms with Crippen LogP contribution in [0.1, 0.15) is 54.9 Å². The summed E-state index contributed by atoms with van der Waals surface area (Å²) in [5, 5.41) is 10.7. The van der Waals surface area contributed by atoms with Crippen molar-refractivity contribution in [2.75, 3.05) is 0 Å². The molecule has 0 aliphatic heterocycles. The lowest BCUT2D eigenvalue weighted by molar-refractivity contribution is -0.0215. The SMILES string of the molecule is CC(O)(c1ccc(C=O)cc1)C1CCCCC1. The number of hydrogen-bond donors (Lipinski definition) is 1. The summed E-state index contributed by atoms with van der Waals surface area (Å²) in [6.07, 6.45) is 6.75. The van der Waals surface area contributed by atoms with Gasteiger partial charge in [-0.3, -0.25) is 4.79 Å². The van der Waals surface area contributed by atoms with Gasteiger partial charge < -0.3 is 5.11 Å². The second-order valence-electron chi connectivity index (χ2n) is 5.22. The molecule has 1 unspecified atom stereocenters. The predicted molar refractivity (Wildman–Crippen MR) is 68.0 cm³/mol. The third kappa shape index (κ3) is 2.58. The van der Waals surface area contributed by atoms with Crippen molar-refractivity contribution in [3.63, 3.8) is 0 Å². The number of carbonyl (C=O) groups is 1. The molecule has 1 atom stereocenters. The van der Waals surface area contributed by atoms with Crippen LogP contribution < -0.4 is 0 Å². The largest absolute Gasteiger partial charge is 0.385 e. The first-order valence-electron chi connectivity index (χ1n) is 6.42. The van der Waals surface area contributed by atoms with E-state index in [0.717, 1.165) is 24.7 Å². The van der Waals surface area contributed by atoms with E-state index in [1.54, 1.807) is 12.1 Å². The first kappa shape index (κ1) is 12.3. The van der Waals surface area contributed by atoms with Crippen LogP contribution in [0.4, 0.5) is 0 Å². The van der Waals surface area contributed by atoms with Crippen molar-refractivity contribution in [1.82, 2.24) is 0 Å². The maximum Gasteiger partial charge on any atom is 0.150 e. The Bertz CT molecular complexity index is 372. The third-order valence-corrected chi connectivity index (χ3v) is 4.03. The highest BCUT2D eigenvalue weighted by molar-refractivity contribution is 5.74. The Hall–Kier alpha value is -1.15. The van der Waals surface area contributed by atoms with Crippen molar-refractivity contribution in [1.29, 1.82) is 0 Å². The van der Waals surface area contributed by atoms with Gasteiger partial charge in [-0.05, 0) is 31.2 Å². The normalized spacial score (nSPS) is 20.8. The van der Waals surface area contributed by atoms with Gasteiger partial charge in [-0.2, -0.15) is 0 Å². The molecule has 2 rings (SSSR count). The maximum atomic E-state index is 10.7. The summed E-state index contributed by atoms with van der Waals surface area (Å²) < 4.78 is 0. The first-order chi connectivity index (χ1) is 8.14. The minimum Gasteiger partial charge on any atom is -0.385 e. The Labute approximate surface area is 103 Å². The summed E-state index contributed by atoms with van der Waals surface area (Å²) in [7, 11) is 0. The van der Waals surface area contributed by atoms with Crippen LogP contribution in [-0.4, -0.2) is 11.4 Å². The van der Waals surface area contributed by atoms with Crippen molar-refractivity contribution in [2.45, 2.75) is 44.6 Å². The number of benzene rings is 1. The zero-order valence-electron chi connectivity index (χ0n) is 10.4. The van der Waals surface area contributed by atoms with E-state index in [1.165, 1.54) is 19.3 Å². The molecule has 1 N–H and O–H groups in total. The molecule has 1 aliphatic carbocycles. The number of aliphatic hydroxyl groups is 1. The van der Waals surface area contributed by atoms with Gasteiger partial charge in [0.2, 0.25) is 0 Å². The molecule has 0 radical (unpaired) electrons. The van der Waals surface area contributed by atoms with Crippen LogP contribution in [0, 0.1) is 5.92 Å². The molecule has 1 aliphatic rings. The molecule has 2 heteroatoms. The van der Waals surface area contributed by atoms with Gasteiger partial charge in [-0.1, -0.05) is 43.5 Å². The lowest BCUT2D eigenvalue weighted by Gasteiger charge is -2.36. The molecule has 17 heavy (non-hydrogen) atoms. The summed E-state index contributed by atoms with van der Waals surface area (Å²) in [5.74, 6) is 0.346. The fourth-order valence-corrected chi connectivity index (χ4v) is 2.80. The highest BCUT2D eigenvalue weighted by Gasteiger charge is 2.34. The van der Waals surface area contributed by atoms with E-state index in [1.807, 2.05) is 19.1 Å². The van der Waals surface area contributed by atoms with Gasteiger partial charge >= 0.3 is 0 Å². The van der Waals surface area contributed by atoms with E-state index in [2.05, 4.69) is 0 Å². The second-order valence-corrected chi connectivity index (χ2v) is 5.22. The van der Waals surface area contributed by atoms with Crippen LogP contribution in [0.25, 0.3) is 0 Å². The van der Waals surface area contributed by atoms with Crippen molar-refractivity contribution >= 4 is 6.29 Å². The zero-order valence-corrected chi connectivity index (χ0v) is 10.4. The fraction of sp³-hybridized carbons (Fsp3) is 0.533. The third-order valence-electron chi connectivity index (χ3n) is 4.03. The number of aldehydes is 1. The highest BCUT2D eigenvalue weighted by atomic mass is 16.3. The molecule has 2 nitrogen and oxygen atoms in total. The standard InChI is InChI=1S/C15H20O2/c1-15(17,13-5-3-2-4-6-13)14-9-7-12(11-16)8-10-14/h7-11,13,17H,2-6H2,1H3. The minimum atomic E-state index is -0.762. The molecule has 0 spiro atoms. The topological polar surface area (TPSA) is 37.3 Å². The monoisotopic (exact) mass is 232 g/mol. The number of rotatable bonds is 3. The Morgan fingerprint density at radius 1 is 1.18 bits per heavy atom. The highest BCUT2D eigenvalue weighted by Crippen LogP contribution is 2.38. The van der Waals surface area contributed by atoms with Gasteiger partial charge in [0.25, 0.3) is 0 Å². The van der Waals surface area contributed by atoms with E-state index in [0.29, 0.717) is 11.5 Å². The molecule has 1 fully saturated rings. The summed E-state index contributed by atoms with van der Waals surface area (Å²) in [4.78, 5) is 10.6. The van der Waals surface area contributed by atoms with Crippen LogP contribution in [0.2, 0.25) is 0 Å². The Balaban J connectivity index is 2.19. The molecule has 0 heterocycles.